The molecule has 0 atom stereocenters. The number of amides is 1. The molecule has 0 saturated heterocycles. The molecule has 0 aliphatic carbocycles. The summed E-state index contributed by atoms with van der Waals surface area (Å²) < 4.78 is 3.28. The molecule has 3 rings (SSSR count). The van der Waals surface area contributed by atoms with E-state index in [1.165, 1.54) is 26.8 Å². The molecule has 35 heavy (non-hydrogen) atoms. The fourth-order valence-corrected chi connectivity index (χ4v) is 4.76. The molecule has 1 aromatic carbocycles. The van der Waals surface area contributed by atoms with Crippen LogP contribution in [0.5, 0.6) is 0 Å². The van der Waals surface area contributed by atoms with E-state index in [9.17, 15) is 14.4 Å². The van der Waals surface area contributed by atoms with Gasteiger partial charge in [0.05, 0.1) is 11.4 Å². The molecule has 0 bridgehead atoms. The van der Waals surface area contributed by atoms with Crippen LogP contribution in [0.15, 0.2) is 45.3 Å². The summed E-state index contributed by atoms with van der Waals surface area (Å²) in [6.07, 6.45) is 5.09. The van der Waals surface area contributed by atoms with E-state index in [0.29, 0.717) is 24.7 Å². The third kappa shape index (κ3) is 6.05. The van der Waals surface area contributed by atoms with E-state index in [-0.39, 0.29) is 29.1 Å². The number of thioether (sulfide) groups is 1. The van der Waals surface area contributed by atoms with E-state index in [0.717, 1.165) is 17.7 Å². The van der Waals surface area contributed by atoms with Crippen molar-refractivity contribution in [1.82, 2.24) is 19.1 Å². The van der Waals surface area contributed by atoms with Gasteiger partial charge in [0.2, 0.25) is 5.91 Å². The highest BCUT2D eigenvalue weighted by molar-refractivity contribution is 7.99. The Morgan fingerprint density at radius 2 is 2.00 bits per heavy atom. The Bertz CT molecular complexity index is 1310. The Labute approximate surface area is 209 Å². The number of nitrogen functional groups attached to an aromatic ring is 1. The third-order valence-corrected chi connectivity index (χ3v) is 6.56. The zero-order valence-corrected chi connectivity index (χ0v) is 21.8. The second-order valence-electron chi connectivity index (χ2n) is 9.05. The molecule has 0 unspecified atom stereocenters. The number of aryl methyl sites for hydroxylation is 2. The van der Waals surface area contributed by atoms with Crippen LogP contribution in [0.4, 0.5) is 11.5 Å². The number of nitrogens with two attached hydrogens (primary N) is 1. The molecule has 3 N–H and O–H groups in total. The first-order valence-corrected chi connectivity index (χ1v) is 12.8. The second kappa shape index (κ2) is 11.4. The normalized spacial score (nSPS) is 11.3. The SMILES string of the molecule is CCCCN(C(=O)CSc1nccn1-c1ccc(C)cc1C)c1c(N)n(CC(C)C)c(=O)[nH]c1=O. The van der Waals surface area contributed by atoms with Gasteiger partial charge in [-0.05, 0) is 37.8 Å². The number of nitrogens with one attached hydrogen (secondary N) is 1. The first-order chi connectivity index (χ1) is 16.6. The highest BCUT2D eigenvalue weighted by atomic mass is 32.2. The Hall–Kier alpha value is -3.27. The van der Waals surface area contributed by atoms with Gasteiger partial charge < -0.3 is 10.6 Å². The smallest absolute Gasteiger partial charge is 0.330 e. The van der Waals surface area contributed by atoms with Crippen LogP contribution in [0.2, 0.25) is 0 Å². The van der Waals surface area contributed by atoms with Crippen molar-refractivity contribution in [1.29, 1.82) is 0 Å². The van der Waals surface area contributed by atoms with Crippen molar-refractivity contribution in [2.45, 2.75) is 59.2 Å². The molecule has 188 valence electrons. The van der Waals surface area contributed by atoms with Gasteiger partial charge >= 0.3 is 5.69 Å². The summed E-state index contributed by atoms with van der Waals surface area (Å²) >= 11 is 1.29. The van der Waals surface area contributed by atoms with Crippen LogP contribution < -0.4 is 21.9 Å². The summed E-state index contributed by atoms with van der Waals surface area (Å²) in [5, 5.41) is 0.674. The van der Waals surface area contributed by atoms with Crippen molar-refractivity contribution in [2.24, 2.45) is 5.92 Å². The maximum Gasteiger partial charge on any atom is 0.330 e. The molecular weight excluding hydrogens is 464 g/mol. The van der Waals surface area contributed by atoms with Crippen LogP contribution >= 0.6 is 11.8 Å². The number of carbonyl (C=O) groups is 1. The summed E-state index contributed by atoms with van der Waals surface area (Å²) in [4.78, 5) is 46.7. The van der Waals surface area contributed by atoms with Crippen LogP contribution in [0.3, 0.4) is 0 Å². The van der Waals surface area contributed by atoms with Crippen molar-refractivity contribution in [3.8, 4) is 5.69 Å². The highest BCUT2D eigenvalue weighted by Crippen LogP contribution is 2.25. The predicted octanol–water partition coefficient (Wildman–Crippen LogP) is 3.50. The lowest BCUT2D eigenvalue weighted by molar-refractivity contribution is -0.116. The number of rotatable bonds is 10. The van der Waals surface area contributed by atoms with Gasteiger partial charge in [-0.2, -0.15) is 0 Å². The minimum Gasteiger partial charge on any atom is -0.383 e. The fraction of sp³-hybridized carbons (Fsp3) is 0.440. The monoisotopic (exact) mass is 498 g/mol. The molecule has 2 heterocycles. The Morgan fingerprint density at radius 3 is 2.66 bits per heavy atom. The summed E-state index contributed by atoms with van der Waals surface area (Å²) in [6, 6.07) is 6.17. The summed E-state index contributed by atoms with van der Waals surface area (Å²) in [5.41, 5.74) is 8.36. The lowest BCUT2D eigenvalue weighted by atomic mass is 10.1. The van der Waals surface area contributed by atoms with E-state index < -0.39 is 11.2 Å². The Morgan fingerprint density at radius 1 is 1.26 bits per heavy atom. The van der Waals surface area contributed by atoms with Gasteiger partial charge in [-0.15, -0.1) is 0 Å². The average Bonchev–Trinajstić information content (AvgIpc) is 3.25. The van der Waals surface area contributed by atoms with Gasteiger partial charge in [0.1, 0.15) is 5.82 Å². The number of imidazole rings is 1. The number of nitrogens with zero attached hydrogens (tertiary/aromatic N) is 4. The molecule has 2 aromatic heterocycles. The summed E-state index contributed by atoms with van der Waals surface area (Å²) in [7, 11) is 0. The van der Waals surface area contributed by atoms with Gasteiger partial charge in [0, 0.05) is 25.5 Å². The first-order valence-electron chi connectivity index (χ1n) is 11.8. The molecule has 1 amide bonds. The number of hydrogen-bond acceptors (Lipinski definition) is 6. The summed E-state index contributed by atoms with van der Waals surface area (Å²) in [5.74, 6) is -0.0640. The van der Waals surface area contributed by atoms with Crippen molar-refractivity contribution in [3.05, 3.63) is 62.6 Å². The number of aromatic nitrogens is 4. The molecule has 0 saturated carbocycles. The fourth-order valence-electron chi connectivity index (χ4n) is 3.92. The van der Waals surface area contributed by atoms with Crippen LogP contribution in [-0.4, -0.2) is 37.3 Å². The van der Waals surface area contributed by atoms with E-state index in [4.69, 9.17) is 5.73 Å². The maximum atomic E-state index is 13.4. The molecule has 3 aromatic rings. The van der Waals surface area contributed by atoms with Gasteiger partial charge in [-0.1, -0.05) is 56.7 Å². The van der Waals surface area contributed by atoms with Crippen LogP contribution in [0.1, 0.15) is 44.7 Å². The molecular formula is C25H34N6O3S. The Balaban J connectivity index is 1.91. The number of unbranched alkanes of at least 4 members (excludes halogenated alkanes) is 1. The highest BCUT2D eigenvalue weighted by Gasteiger charge is 2.25. The largest absolute Gasteiger partial charge is 0.383 e. The first kappa shape index (κ1) is 26.3. The minimum atomic E-state index is -0.654. The molecule has 0 radical (unpaired) electrons. The van der Waals surface area contributed by atoms with Crippen molar-refractivity contribution < 1.29 is 4.79 Å². The molecule has 0 aliphatic heterocycles. The number of anilines is 2. The molecule has 0 aliphatic rings. The van der Waals surface area contributed by atoms with Crippen molar-refractivity contribution >= 4 is 29.2 Å². The molecule has 10 heteroatoms. The van der Waals surface area contributed by atoms with Gasteiger partial charge in [-0.25, -0.2) is 9.78 Å². The third-order valence-electron chi connectivity index (χ3n) is 5.61. The zero-order valence-electron chi connectivity index (χ0n) is 21.0. The number of aromatic amines is 1. The van der Waals surface area contributed by atoms with E-state index in [1.54, 1.807) is 6.20 Å². The van der Waals surface area contributed by atoms with Crippen LogP contribution in [0.25, 0.3) is 5.69 Å². The topological polar surface area (TPSA) is 119 Å². The minimum absolute atomic E-state index is 0.0127. The standard InChI is InChI=1S/C25H34N6O3S/c1-6-7-11-30(21-22(26)31(14-16(2)3)24(34)28-23(21)33)20(32)15-35-25-27-10-12-29(25)19-9-8-17(4)13-18(19)5/h8-10,12-13,16H,6-7,11,14-15,26H2,1-5H3,(H,28,33,34). The number of carbonyl (C=O) groups excluding carboxylic acids is 1. The van der Waals surface area contributed by atoms with Gasteiger partial charge in [0.15, 0.2) is 10.8 Å². The lowest BCUT2D eigenvalue weighted by Gasteiger charge is -2.24. The Kier molecular flexibility index (Phi) is 8.61. The van der Waals surface area contributed by atoms with Crippen molar-refractivity contribution in [3.63, 3.8) is 0 Å². The number of H-pyrrole nitrogens is 1. The van der Waals surface area contributed by atoms with Gasteiger partial charge in [0.25, 0.3) is 5.56 Å². The van der Waals surface area contributed by atoms with E-state index in [1.807, 2.05) is 57.5 Å². The number of hydrogen-bond donors (Lipinski definition) is 2. The average molecular weight is 499 g/mol. The second-order valence-corrected chi connectivity index (χ2v) is 10.00. The van der Waals surface area contributed by atoms with Crippen molar-refractivity contribution in [2.75, 3.05) is 22.9 Å². The van der Waals surface area contributed by atoms with E-state index >= 15 is 0 Å². The lowest BCUT2D eigenvalue weighted by Crippen LogP contribution is -2.42. The zero-order chi connectivity index (χ0) is 25.7. The quantitative estimate of drug-likeness (QED) is 0.413. The van der Waals surface area contributed by atoms with E-state index in [2.05, 4.69) is 16.0 Å². The summed E-state index contributed by atoms with van der Waals surface area (Å²) in [6.45, 7) is 10.7. The van der Waals surface area contributed by atoms with Gasteiger partial charge in [-0.3, -0.25) is 23.7 Å². The molecule has 9 nitrogen and oxygen atoms in total. The molecule has 0 spiro atoms. The molecule has 0 fully saturated rings. The van der Waals surface area contributed by atoms with Crippen LogP contribution in [-0.2, 0) is 11.3 Å². The van der Waals surface area contributed by atoms with Crippen LogP contribution in [0, 0.1) is 19.8 Å². The number of benzene rings is 1. The predicted molar refractivity (Wildman–Crippen MR) is 142 cm³/mol. The maximum absolute atomic E-state index is 13.4.